The third-order valence-electron chi connectivity index (χ3n) is 5.26. The van der Waals surface area contributed by atoms with Crippen LogP contribution in [0.5, 0.6) is 0 Å². The number of anilines is 1. The van der Waals surface area contributed by atoms with Crippen molar-refractivity contribution in [3.63, 3.8) is 0 Å². The highest BCUT2D eigenvalue weighted by Crippen LogP contribution is 2.23. The zero-order valence-corrected chi connectivity index (χ0v) is 16.5. The normalized spacial score (nSPS) is 20.4. The molecule has 0 spiro atoms. The van der Waals surface area contributed by atoms with Crippen molar-refractivity contribution in [2.24, 2.45) is 0 Å². The lowest BCUT2D eigenvalue weighted by Crippen LogP contribution is -2.29. The fourth-order valence-electron chi connectivity index (χ4n) is 3.61. The predicted octanol–water partition coefficient (Wildman–Crippen LogP) is 2.26. The van der Waals surface area contributed by atoms with Crippen LogP contribution in [0.3, 0.4) is 0 Å². The van der Waals surface area contributed by atoms with Crippen LogP contribution in [-0.2, 0) is 0 Å². The lowest BCUT2D eigenvalue weighted by atomic mass is 9.93. The van der Waals surface area contributed by atoms with E-state index in [1.807, 2.05) is 26.0 Å². The van der Waals surface area contributed by atoms with Crippen molar-refractivity contribution in [1.29, 1.82) is 0 Å². The summed E-state index contributed by atoms with van der Waals surface area (Å²) in [6, 6.07) is 5.37. The minimum Gasteiger partial charge on any atom is -0.393 e. The van der Waals surface area contributed by atoms with Gasteiger partial charge in [0.25, 0.3) is 5.91 Å². The van der Waals surface area contributed by atoms with Crippen molar-refractivity contribution < 1.29 is 9.90 Å². The summed E-state index contributed by atoms with van der Waals surface area (Å²) < 4.78 is 0. The van der Waals surface area contributed by atoms with Crippen LogP contribution in [0.15, 0.2) is 24.4 Å². The molecule has 1 saturated carbocycles. The van der Waals surface area contributed by atoms with Gasteiger partial charge in [0.05, 0.1) is 23.2 Å². The molecule has 152 valence electrons. The Bertz CT molecular complexity index is 1010. The van der Waals surface area contributed by atoms with Crippen LogP contribution in [0.1, 0.15) is 60.7 Å². The second-order valence-electron chi connectivity index (χ2n) is 7.58. The first-order valence-corrected chi connectivity index (χ1v) is 9.90. The zero-order valence-electron chi connectivity index (χ0n) is 16.5. The fourth-order valence-corrected chi connectivity index (χ4v) is 3.61. The lowest BCUT2D eigenvalue weighted by molar-refractivity contribution is 0.0939. The highest BCUT2D eigenvalue weighted by Gasteiger charge is 2.21. The van der Waals surface area contributed by atoms with Gasteiger partial charge in [-0.1, -0.05) is 12.1 Å². The number of aliphatic hydroxyl groups excluding tert-OH is 1. The Morgan fingerprint density at radius 1 is 1.24 bits per heavy atom. The van der Waals surface area contributed by atoms with E-state index in [0.717, 1.165) is 31.1 Å². The van der Waals surface area contributed by atoms with E-state index in [2.05, 4.69) is 35.8 Å². The van der Waals surface area contributed by atoms with Crippen molar-refractivity contribution in [3.8, 4) is 0 Å². The van der Waals surface area contributed by atoms with Gasteiger partial charge >= 0.3 is 0 Å². The van der Waals surface area contributed by atoms with Gasteiger partial charge < -0.3 is 20.7 Å². The number of carbonyl (C=O) groups excluding carboxylic acids is 1. The number of rotatable bonds is 5. The van der Waals surface area contributed by atoms with E-state index < -0.39 is 0 Å². The Kier molecular flexibility index (Phi) is 5.39. The van der Waals surface area contributed by atoms with Gasteiger partial charge in [-0.3, -0.25) is 4.79 Å². The number of hydrogen-bond acceptors (Lipinski definition) is 7. The molecule has 1 aromatic carbocycles. The Labute approximate surface area is 168 Å². The predicted molar refractivity (Wildman–Crippen MR) is 108 cm³/mol. The van der Waals surface area contributed by atoms with E-state index >= 15 is 0 Å². The van der Waals surface area contributed by atoms with Crippen molar-refractivity contribution >= 4 is 22.8 Å². The summed E-state index contributed by atoms with van der Waals surface area (Å²) in [5.41, 5.74) is 1.08. The quantitative estimate of drug-likeness (QED) is 0.521. The number of nitrogens with one attached hydrogen (secondary N) is 3. The molecule has 1 fully saturated rings. The fraction of sp³-hybridized carbons (Fsp3) is 0.450. The molecule has 2 heterocycles. The number of benzene rings is 1. The van der Waals surface area contributed by atoms with Crippen LogP contribution in [0.25, 0.3) is 10.9 Å². The van der Waals surface area contributed by atoms with E-state index in [9.17, 15) is 9.90 Å². The zero-order chi connectivity index (χ0) is 20.4. The number of fused-ring (bicyclic) bond motifs is 1. The molecular weight excluding hydrogens is 370 g/mol. The molecule has 2 aromatic heterocycles. The summed E-state index contributed by atoms with van der Waals surface area (Å²) in [5.74, 6) is 1.57. The molecule has 1 aliphatic carbocycles. The Morgan fingerprint density at radius 2 is 2.03 bits per heavy atom. The molecule has 1 atom stereocenters. The lowest BCUT2D eigenvalue weighted by Gasteiger charge is -2.26. The van der Waals surface area contributed by atoms with Crippen molar-refractivity contribution in [1.82, 2.24) is 30.5 Å². The molecule has 4 rings (SSSR count). The summed E-state index contributed by atoms with van der Waals surface area (Å²) in [5, 5.41) is 24.7. The molecule has 4 N–H and O–H groups in total. The summed E-state index contributed by atoms with van der Waals surface area (Å²) in [6.45, 7) is 3.66. The third-order valence-corrected chi connectivity index (χ3v) is 5.26. The second kappa shape index (κ2) is 8.12. The minimum atomic E-state index is -0.313. The molecule has 0 bridgehead atoms. The highest BCUT2D eigenvalue weighted by molar-refractivity contribution is 6.05. The number of aromatic nitrogens is 5. The summed E-state index contributed by atoms with van der Waals surface area (Å²) in [6.07, 6.45) is 4.81. The van der Waals surface area contributed by atoms with Gasteiger partial charge in [0.1, 0.15) is 5.82 Å². The number of hydrogen-bond donors (Lipinski definition) is 4. The van der Waals surface area contributed by atoms with Gasteiger partial charge in [0.2, 0.25) is 5.95 Å². The topological polar surface area (TPSA) is 129 Å². The molecule has 0 aliphatic heterocycles. The van der Waals surface area contributed by atoms with E-state index in [0.29, 0.717) is 28.7 Å². The maximum Gasteiger partial charge on any atom is 0.254 e. The number of amides is 1. The highest BCUT2D eigenvalue weighted by atomic mass is 16.3. The third kappa shape index (κ3) is 4.34. The molecule has 29 heavy (non-hydrogen) atoms. The summed E-state index contributed by atoms with van der Waals surface area (Å²) in [7, 11) is 0. The first-order chi connectivity index (χ1) is 14.0. The monoisotopic (exact) mass is 395 g/mol. The Balaban J connectivity index is 1.54. The van der Waals surface area contributed by atoms with Crippen molar-refractivity contribution in [2.45, 2.75) is 57.7 Å². The maximum absolute atomic E-state index is 12.9. The largest absolute Gasteiger partial charge is 0.393 e. The maximum atomic E-state index is 12.9. The average molecular weight is 395 g/mol. The number of para-hydroxylation sites is 1. The summed E-state index contributed by atoms with van der Waals surface area (Å²) in [4.78, 5) is 24.9. The smallest absolute Gasteiger partial charge is 0.254 e. The first kappa shape index (κ1) is 19.3. The summed E-state index contributed by atoms with van der Waals surface area (Å²) >= 11 is 0. The molecule has 1 aliphatic rings. The van der Waals surface area contributed by atoms with Gasteiger partial charge in [0, 0.05) is 17.6 Å². The number of aliphatic hydroxyl groups is 1. The standard InChI is InChI=1S/C20H25N7O2/c1-11(18-23-12(2)26-27-18)22-19(29)16-5-3-4-13-10-21-20(25-17(13)16)24-14-6-8-15(28)9-7-14/h3-5,10-11,14-15,28H,6-9H2,1-2H3,(H,22,29)(H,21,24,25)(H,23,26,27). The van der Waals surface area contributed by atoms with Gasteiger partial charge in [-0.05, 0) is 45.6 Å². The van der Waals surface area contributed by atoms with Gasteiger partial charge in [-0.25, -0.2) is 9.97 Å². The Hall–Kier alpha value is -3.07. The van der Waals surface area contributed by atoms with Crippen LogP contribution in [-0.4, -0.2) is 48.3 Å². The Morgan fingerprint density at radius 3 is 2.76 bits per heavy atom. The van der Waals surface area contributed by atoms with E-state index in [4.69, 9.17) is 0 Å². The van der Waals surface area contributed by atoms with E-state index in [1.165, 1.54) is 0 Å². The van der Waals surface area contributed by atoms with Gasteiger partial charge in [0.15, 0.2) is 5.82 Å². The molecule has 3 aromatic rings. The van der Waals surface area contributed by atoms with Crippen LogP contribution >= 0.6 is 0 Å². The van der Waals surface area contributed by atoms with Crippen LogP contribution in [0.4, 0.5) is 5.95 Å². The van der Waals surface area contributed by atoms with Crippen LogP contribution < -0.4 is 10.6 Å². The molecule has 0 radical (unpaired) electrons. The number of nitrogens with zero attached hydrogens (tertiary/aromatic N) is 4. The molecule has 1 unspecified atom stereocenters. The molecule has 9 nitrogen and oxygen atoms in total. The second-order valence-corrected chi connectivity index (χ2v) is 7.58. The van der Waals surface area contributed by atoms with E-state index in [1.54, 1.807) is 12.3 Å². The van der Waals surface area contributed by atoms with Crippen molar-refractivity contribution in [3.05, 3.63) is 41.6 Å². The first-order valence-electron chi connectivity index (χ1n) is 9.90. The average Bonchev–Trinajstić information content (AvgIpc) is 3.15. The van der Waals surface area contributed by atoms with Gasteiger partial charge in [-0.2, -0.15) is 0 Å². The molecular formula is C20H25N7O2. The minimum absolute atomic E-state index is 0.212. The van der Waals surface area contributed by atoms with Crippen molar-refractivity contribution in [2.75, 3.05) is 5.32 Å². The number of aromatic amines is 1. The van der Waals surface area contributed by atoms with Gasteiger partial charge in [-0.15, -0.1) is 10.2 Å². The van der Waals surface area contributed by atoms with Crippen LogP contribution in [0.2, 0.25) is 0 Å². The SMILES string of the molecule is Cc1nnc(C(C)NC(=O)c2cccc3cnc(NC4CCC(O)CC4)nc23)[nH]1. The molecule has 9 heteroatoms. The number of H-pyrrole nitrogens is 1. The molecule has 0 saturated heterocycles. The number of aryl methyl sites for hydroxylation is 1. The molecule has 1 amide bonds. The van der Waals surface area contributed by atoms with Crippen LogP contribution in [0, 0.1) is 6.92 Å². The van der Waals surface area contributed by atoms with E-state index in [-0.39, 0.29) is 24.1 Å². The number of carbonyl (C=O) groups is 1.